The largest absolute Gasteiger partial charge is 0.465 e. The van der Waals surface area contributed by atoms with Crippen LogP contribution < -0.4 is 4.74 Å². The average Bonchev–Trinajstić information content (AvgIpc) is 3.17. The van der Waals surface area contributed by atoms with Crippen molar-refractivity contribution in [2.45, 2.75) is 25.4 Å². The van der Waals surface area contributed by atoms with Gasteiger partial charge in [0.2, 0.25) is 5.91 Å². The Labute approximate surface area is 138 Å². The third-order valence-corrected chi connectivity index (χ3v) is 4.59. The third kappa shape index (κ3) is 3.99. The molecule has 0 spiro atoms. The predicted octanol–water partition coefficient (Wildman–Crippen LogP) is 3.41. The Morgan fingerprint density at radius 1 is 1.50 bits per heavy atom. The Morgan fingerprint density at radius 2 is 2.41 bits per heavy atom. The van der Waals surface area contributed by atoms with Gasteiger partial charge in [0.05, 0.1) is 6.54 Å². The molecule has 1 aromatic carbocycles. The summed E-state index contributed by atoms with van der Waals surface area (Å²) in [7, 11) is 0. The Kier molecular flexibility index (Phi) is 4.95. The SMILES string of the molecule is O=C(CCc1cccc(Cl)c1)N1CCC(Oc2nccs2)C1. The monoisotopic (exact) mass is 336 g/mol. The van der Waals surface area contributed by atoms with E-state index in [1.807, 2.05) is 34.5 Å². The van der Waals surface area contributed by atoms with Crippen LogP contribution in [0.4, 0.5) is 0 Å². The highest BCUT2D eigenvalue weighted by Crippen LogP contribution is 2.21. The minimum atomic E-state index is 0.0567. The summed E-state index contributed by atoms with van der Waals surface area (Å²) in [6, 6.07) is 7.66. The first-order chi connectivity index (χ1) is 10.7. The lowest BCUT2D eigenvalue weighted by atomic mass is 10.1. The molecule has 1 fully saturated rings. The maximum atomic E-state index is 12.3. The second kappa shape index (κ2) is 7.11. The molecular formula is C16H17ClN2O2S. The van der Waals surface area contributed by atoms with Crippen LogP contribution in [0.2, 0.25) is 5.02 Å². The summed E-state index contributed by atoms with van der Waals surface area (Å²) in [6.45, 7) is 1.40. The highest BCUT2D eigenvalue weighted by atomic mass is 35.5. The smallest absolute Gasteiger partial charge is 0.273 e. The molecule has 4 nitrogen and oxygen atoms in total. The summed E-state index contributed by atoms with van der Waals surface area (Å²) in [5, 5.41) is 3.28. The van der Waals surface area contributed by atoms with Crippen LogP contribution in [0.5, 0.6) is 5.19 Å². The number of benzene rings is 1. The first-order valence-corrected chi connectivity index (χ1v) is 8.55. The first-order valence-electron chi connectivity index (χ1n) is 7.29. The minimum absolute atomic E-state index is 0.0567. The number of halogens is 1. The average molecular weight is 337 g/mol. The number of carbonyl (C=O) groups excluding carboxylic acids is 1. The van der Waals surface area contributed by atoms with E-state index in [9.17, 15) is 4.79 Å². The fourth-order valence-corrected chi connectivity index (χ4v) is 3.33. The van der Waals surface area contributed by atoms with Crippen LogP contribution in [-0.4, -0.2) is 35.0 Å². The zero-order valence-electron chi connectivity index (χ0n) is 12.1. The second-order valence-electron chi connectivity index (χ2n) is 5.30. The Balaban J connectivity index is 1.47. The van der Waals surface area contributed by atoms with Crippen LogP contribution in [0.1, 0.15) is 18.4 Å². The van der Waals surface area contributed by atoms with Crippen molar-refractivity contribution >= 4 is 28.8 Å². The van der Waals surface area contributed by atoms with E-state index < -0.39 is 0 Å². The molecule has 0 aliphatic carbocycles. The van der Waals surface area contributed by atoms with Gasteiger partial charge in [-0.1, -0.05) is 35.1 Å². The molecule has 22 heavy (non-hydrogen) atoms. The standard InChI is InChI=1S/C16H17ClN2O2S/c17-13-3-1-2-12(10-13)4-5-15(20)19-8-6-14(11-19)21-16-18-7-9-22-16/h1-3,7,9-10,14H,4-6,8,11H2. The fourth-order valence-electron chi connectivity index (χ4n) is 2.56. The molecule has 1 aromatic heterocycles. The summed E-state index contributed by atoms with van der Waals surface area (Å²) < 4.78 is 5.77. The molecule has 1 saturated heterocycles. The Morgan fingerprint density at radius 3 is 3.18 bits per heavy atom. The number of hydrogen-bond acceptors (Lipinski definition) is 4. The molecule has 1 amide bonds. The summed E-state index contributed by atoms with van der Waals surface area (Å²) >= 11 is 7.44. The van der Waals surface area contributed by atoms with E-state index in [1.54, 1.807) is 6.20 Å². The highest BCUT2D eigenvalue weighted by Gasteiger charge is 2.27. The molecule has 3 rings (SSSR count). The molecule has 1 atom stereocenters. The summed E-state index contributed by atoms with van der Waals surface area (Å²) in [6.07, 6.45) is 3.87. The molecule has 1 aliphatic heterocycles. The summed E-state index contributed by atoms with van der Waals surface area (Å²) in [4.78, 5) is 18.3. The molecule has 0 saturated carbocycles. The van der Waals surface area contributed by atoms with Gasteiger partial charge in [-0.25, -0.2) is 4.98 Å². The Hall–Kier alpha value is -1.59. The quantitative estimate of drug-likeness (QED) is 0.840. The van der Waals surface area contributed by atoms with Gasteiger partial charge in [0.1, 0.15) is 6.10 Å². The van der Waals surface area contributed by atoms with E-state index in [4.69, 9.17) is 16.3 Å². The van der Waals surface area contributed by atoms with Gasteiger partial charge < -0.3 is 9.64 Å². The molecule has 2 heterocycles. The van der Waals surface area contributed by atoms with Gasteiger partial charge in [-0.15, -0.1) is 0 Å². The number of nitrogens with zero attached hydrogens (tertiary/aromatic N) is 2. The van der Waals surface area contributed by atoms with Gasteiger partial charge in [0.25, 0.3) is 5.19 Å². The lowest BCUT2D eigenvalue weighted by Gasteiger charge is -2.16. The van der Waals surface area contributed by atoms with Crippen molar-refractivity contribution in [3.63, 3.8) is 0 Å². The molecule has 1 unspecified atom stereocenters. The second-order valence-corrected chi connectivity index (χ2v) is 6.59. The predicted molar refractivity (Wildman–Crippen MR) is 87.5 cm³/mol. The van der Waals surface area contributed by atoms with E-state index in [0.717, 1.165) is 18.5 Å². The number of aryl methyl sites for hydroxylation is 1. The lowest BCUT2D eigenvalue weighted by Crippen LogP contribution is -2.31. The van der Waals surface area contributed by atoms with Crippen molar-refractivity contribution in [2.24, 2.45) is 0 Å². The molecular weight excluding hydrogens is 320 g/mol. The van der Waals surface area contributed by atoms with Crippen LogP contribution in [0.3, 0.4) is 0 Å². The fraction of sp³-hybridized carbons (Fsp3) is 0.375. The molecule has 0 N–H and O–H groups in total. The van der Waals surface area contributed by atoms with Crippen molar-refractivity contribution in [1.29, 1.82) is 0 Å². The van der Waals surface area contributed by atoms with E-state index in [2.05, 4.69) is 4.98 Å². The molecule has 6 heteroatoms. The van der Waals surface area contributed by atoms with E-state index in [0.29, 0.717) is 29.6 Å². The van der Waals surface area contributed by atoms with Crippen LogP contribution in [-0.2, 0) is 11.2 Å². The van der Waals surface area contributed by atoms with Gasteiger partial charge in [-0.3, -0.25) is 4.79 Å². The first kappa shape index (κ1) is 15.3. The number of amides is 1. The molecule has 0 radical (unpaired) electrons. The van der Waals surface area contributed by atoms with Crippen LogP contribution in [0.15, 0.2) is 35.8 Å². The van der Waals surface area contributed by atoms with Crippen molar-refractivity contribution in [2.75, 3.05) is 13.1 Å². The van der Waals surface area contributed by atoms with Crippen molar-refractivity contribution in [3.8, 4) is 5.19 Å². The van der Waals surface area contributed by atoms with Crippen molar-refractivity contribution in [3.05, 3.63) is 46.4 Å². The number of rotatable bonds is 5. The molecule has 1 aliphatic rings. The maximum Gasteiger partial charge on any atom is 0.273 e. The van der Waals surface area contributed by atoms with Crippen molar-refractivity contribution < 1.29 is 9.53 Å². The Bertz CT molecular complexity index is 633. The van der Waals surface area contributed by atoms with Crippen LogP contribution in [0, 0.1) is 0 Å². The molecule has 116 valence electrons. The van der Waals surface area contributed by atoms with Crippen LogP contribution in [0.25, 0.3) is 0 Å². The lowest BCUT2D eigenvalue weighted by molar-refractivity contribution is -0.130. The molecule has 0 bridgehead atoms. The summed E-state index contributed by atoms with van der Waals surface area (Å²) in [5.74, 6) is 0.171. The topological polar surface area (TPSA) is 42.4 Å². The zero-order chi connectivity index (χ0) is 15.4. The van der Waals surface area contributed by atoms with Gasteiger partial charge in [-0.05, 0) is 24.1 Å². The maximum absolute atomic E-state index is 12.3. The van der Waals surface area contributed by atoms with Gasteiger partial charge in [-0.2, -0.15) is 0 Å². The molecule has 2 aromatic rings. The summed E-state index contributed by atoms with van der Waals surface area (Å²) in [5.41, 5.74) is 1.09. The number of carbonyl (C=O) groups is 1. The van der Waals surface area contributed by atoms with Gasteiger partial charge in [0, 0.05) is 36.0 Å². The van der Waals surface area contributed by atoms with E-state index in [-0.39, 0.29) is 12.0 Å². The van der Waals surface area contributed by atoms with E-state index in [1.165, 1.54) is 11.3 Å². The van der Waals surface area contributed by atoms with Crippen molar-refractivity contribution in [1.82, 2.24) is 9.88 Å². The highest BCUT2D eigenvalue weighted by molar-refractivity contribution is 7.11. The van der Waals surface area contributed by atoms with Crippen LogP contribution >= 0.6 is 22.9 Å². The number of hydrogen-bond donors (Lipinski definition) is 0. The third-order valence-electron chi connectivity index (χ3n) is 3.69. The van der Waals surface area contributed by atoms with Gasteiger partial charge in [0.15, 0.2) is 0 Å². The number of thiazole rings is 1. The number of aromatic nitrogens is 1. The zero-order valence-corrected chi connectivity index (χ0v) is 13.6. The normalized spacial score (nSPS) is 17.7. The van der Waals surface area contributed by atoms with Gasteiger partial charge >= 0.3 is 0 Å². The number of likely N-dealkylation sites (tertiary alicyclic amines) is 1. The number of ether oxygens (including phenoxy) is 1. The van der Waals surface area contributed by atoms with E-state index >= 15 is 0 Å². The minimum Gasteiger partial charge on any atom is -0.465 e.